The number of methoxy groups -OCH3 is 1. The van der Waals surface area contributed by atoms with Gasteiger partial charge in [-0.15, -0.1) is 0 Å². The molecule has 0 saturated carbocycles. The van der Waals surface area contributed by atoms with Crippen LogP contribution in [0.4, 0.5) is 21.0 Å². The number of hydrogen-bond acceptors (Lipinski definition) is 8. The lowest BCUT2D eigenvalue weighted by atomic mass is 10.2. The number of halogens is 2. The highest BCUT2D eigenvalue weighted by Crippen LogP contribution is 2.38. The maximum atomic E-state index is 12.7. The van der Waals surface area contributed by atoms with Crippen molar-refractivity contribution >= 4 is 52.3 Å². The van der Waals surface area contributed by atoms with E-state index in [2.05, 4.69) is 20.4 Å². The second kappa shape index (κ2) is 11.1. The fourth-order valence-corrected chi connectivity index (χ4v) is 3.57. The van der Waals surface area contributed by atoms with E-state index in [0.29, 0.717) is 11.3 Å². The maximum Gasteiger partial charge on any atom is 0.407 e. The first-order valence-electron chi connectivity index (χ1n) is 10.8. The van der Waals surface area contributed by atoms with Gasteiger partial charge in [0.05, 0.1) is 35.2 Å². The molecule has 0 aromatic carbocycles. The number of aromatic nitrogens is 4. The third-order valence-corrected chi connectivity index (χ3v) is 5.11. The second-order valence-electron chi connectivity index (χ2n) is 8.57. The van der Waals surface area contributed by atoms with Crippen LogP contribution in [-0.4, -0.2) is 57.6 Å². The van der Waals surface area contributed by atoms with Crippen molar-refractivity contribution in [2.45, 2.75) is 39.4 Å². The van der Waals surface area contributed by atoms with E-state index in [1.807, 2.05) is 0 Å². The lowest BCUT2D eigenvalue weighted by Crippen LogP contribution is -2.35. The van der Waals surface area contributed by atoms with Gasteiger partial charge in [0.25, 0.3) is 0 Å². The zero-order valence-electron chi connectivity index (χ0n) is 20.4. The lowest BCUT2D eigenvalue weighted by Gasteiger charge is -2.26. The Hall–Kier alpha value is -3.35. The van der Waals surface area contributed by atoms with Gasteiger partial charge in [-0.3, -0.25) is 4.90 Å². The van der Waals surface area contributed by atoms with E-state index >= 15 is 0 Å². The standard InChI is InChI=1S/C22H27Cl2N7O5/c1-12(34-5)18-15(11-27-17-9-16(24)29-31(17)18)30(20(25)32)14-8-13(23)10-28-19(14)35-7-6-26-21(33)36-22(2,3)4/h8-12H,6-7H2,1-5H3,(H2,25,32)(H,26,33)/t12-/m0/s1. The molecule has 3 rings (SSSR count). The predicted molar refractivity (Wildman–Crippen MR) is 134 cm³/mol. The van der Waals surface area contributed by atoms with Gasteiger partial charge in [0.15, 0.2) is 10.8 Å². The van der Waals surface area contributed by atoms with Crippen molar-refractivity contribution in [1.82, 2.24) is 24.9 Å². The smallest absolute Gasteiger partial charge is 0.407 e. The van der Waals surface area contributed by atoms with Crippen LogP contribution in [-0.2, 0) is 9.47 Å². The molecule has 3 heterocycles. The molecule has 0 fully saturated rings. The van der Waals surface area contributed by atoms with Gasteiger partial charge in [0.2, 0.25) is 5.88 Å². The summed E-state index contributed by atoms with van der Waals surface area (Å²) in [7, 11) is 1.51. The molecule has 0 radical (unpaired) electrons. The van der Waals surface area contributed by atoms with E-state index in [9.17, 15) is 9.59 Å². The van der Waals surface area contributed by atoms with Crippen molar-refractivity contribution in [2.24, 2.45) is 5.73 Å². The summed E-state index contributed by atoms with van der Waals surface area (Å²) in [6.45, 7) is 7.17. The Balaban J connectivity index is 1.97. The van der Waals surface area contributed by atoms with Crippen LogP contribution < -0.4 is 20.7 Å². The van der Waals surface area contributed by atoms with Crippen LogP contribution in [0.2, 0.25) is 10.2 Å². The number of primary amides is 1. The second-order valence-corrected chi connectivity index (χ2v) is 9.40. The van der Waals surface area contributed by atoms with Crippen LogP contribution in [0.25, 0.3) is 5.65 Å². The first kappa shape index (κ1) is 27.2. The minimum Gasteiger partial charge on any atom is -0.474 e. The largest absolute Gasteiger partial charge is 0.474 e. The highest BCUT2D eigenvalue weighted by molar-refractivity contribution is 6.31. The SMILES string of the molecule is CO[C@@H](C)c1c(N(C(N)=O)c2cc(Cl)cnc2OCCNC(=O)OC(C)(C)C)cnc2cc(Cl)nn12. The van der Waals surface area contributed by atoms with Crippen molar-refractivity contribution in [2.75, 3.05) is 25.2 Å². The summed E-state index contributed by atoms with van der Waals surface area (Å²) >= 11 is 12.3. The monoisotopic (exact) mass is 539 g/mol. The number of alkyl carbamates (subject to hydrolysis) is 1. The van der Waals surface area contributed by atoms with Gasteiger partial charge in [-0.25, -0.2) is 24.1 Å². The van der Waals surface area contributed by atoms with Crippen LogP contribution in [0.3, 0.4) is 0 Å². The average molecular weight is 540 g/mol. The molecular weight excluding hydrogens is 513 g/mol. The number of amides is 3. The molecule has 0 unspecified atom stereocenters. The van der Waals surface area contributed by atoms with Gasteiger partial charge in [0, 0.05) is 19.4 Å². The number of rotatable bonds is 8. The molecule has 0 aliphatic heterocycles. The molecule has 3 amide bonds. The van der Waals surface area contributed by atoms with Crippen LogP contribution in [0.1, 0.15) is 39.5 Å². The van der Waals surface area contributed by atoms with E-state index in [-0.39, 0.29) is 40.6 Å². The summed E-state index contributed by atoms with van der Waals surface area (Å²) in [5.74, 6) is 0.0406. The van der Waals surface area contributed by atoms with Crippen LogP contribution >= 0.6 is 23.2 Å². The average Bonchev–Trinajstić information content (AvgIpc) is 3.16. The van der Waals surface area contributed by atoms with E-state index in [1.54, 1.807) is 33.8 Å². The summed E-state index contributed by atoms with van der Waals surface area (Å²) < 4.78 is 17.9. The Kier molecular flexibility index (Phi) is 8.43. The first-order valence-corrected chi connectivity index (χ1v) is 11.6. The molecular formula is C22H27Cl2N7O5. The van der Waals surface area contributed by atoms with Gasteiger partial charge in [0.1, 0.15) is 17.9 Å². The fourth-order valence-electron chi connectivity index (χ4n) is 3.25. The molecule has 1 atom stereocenters. The molecule has 3 aromatic heterocycles. The summed E-state index contributed by atoms with van der Waals surface area (Å²) in [5.41, 5.74) is 6.46. The maximum absolute atomic E-state index is 12.7. The highest BCUT2D eigenvalue weighted by atomic mass is 35.5. The number of hydrogen-bond donors (Lipinski definition) is 2. The molecule has 36 heavy (non-hydrogen) atoms. The van der Waals surface area contributed by atoms with E-state index in [1.165, 1.54) is 30.1 Å². The predicted octanol–water partition coefficient (Wildman–Crippen LogP) is 4.26. The summed E-state index contributed by atoms with van der Waals surface area (Å²) in [6.07, 6.45) is 1.66. The molecule has 0 aliphatic rings. The Labute approximate surface area is 217 Å². The number of urea groups is 1. The molecule has 0 spiro atoms. The topological polar surface area (TPSA) is 146 Å². The molecule has 3 aromatic rings. The van der Waals surface area contributed by atoms with Crippen molar-refractivity contribution in [3.05, 3.63) is 40.4 Å². The van der Waals surface area contributed by atoms with Gasteiger partial charge in [-0.05, 0) is 33.8 Å². The number of carbonyl (C=O) groups excluding carboxylic acids is 2. The highest BCUT2D eigenvalue weighted by Gasteiger charge is 2.28. The Bertz CT molecular complexity index is 1260. The van der Waals surface area contributed by atoms with Crippen molar-refractivity contribution < 1.29 is 23.8 Å². The van der Waals surface area contributed by atoms with Gasteiger partial charge in [-0.1, -0.05) is 23.2 Å². The van der Waals surface area contributed by atoms with Crippen molar-refractivity contribution in [1.29, 1.82) is 0 Å². The Morgan fingerprint density at radius 3 is 2.56 bits per heavy atom. The lowest BCUT2D eigenvalue weighted by molar-refractivity contribution is 0.0520. The normalized spacial score (nSPS) is 12.3. The van der Waals surface area contributed by atoms with Gasteiger partial charge < -0.3 is 25.3 Å². The number of nitrogens with two attached hydrogens (primary N) is 1. The minimum absolute atomic E-state index is 0.0147. The van der Waals surface area contributed by atoms with E-state index in [4.69, 9.17) is 43.1 Å². The molecule has 14 heteroatoms. The molecule has 12 nitrogen and oxygen atoms in total. The Morgan fingerprint density at radius 2 is 1.92 bits per heavy atom. The number of nitrogens with zero attached hydrogens (tertiary/aromatic N) is 5. The third-order valence-electron chi connectivity index (χ3n) is 4.72. The summed E-state index contributed by atoms with van der Waals surface area (Å²) in [6, 6.07) is 2.18. The van der Waals surface area contributed by atoms with Crippen LogP contribution in [0.15, 0.2) is 24.5 Å². The van der Waals surface area contributed by atoms with Gasteiger partial charge in [-0.2, -0.15) is 5.10 Å². The zero-order valence-corrected chi connectivity index (χ0v) is 21.9. The molecule has 0 bridgehead atoms. The molecule has 0 aliphatic carbocycles. The quantitative estimate of drug-likeness (QED) is 0.403. The fraction of sp³-hybridized carbons (Fsp3) is 0.409. The van der Waals surface area contributed by atoms with E-state index in [0.717, 1.165) is 4.90 Å². The van der Waals surface area contributed by atoms with Crippen molar-refractivity contribution in [3.8, 4) is 5.88 Å². The number of fused-ring (bicyclic) bond motifs is 1. The molecule has 194 valence electrons. The molecule has 3 N–H and O–H groups in total. The number of anilines is 2. The first-order chi connectivity index (χ1) is 16.9. The number of carbonyl (C=O) groups is 2. The summed E-state index contributed by atoms with van der Waals surface area (Å²) in [5, 5.41) is 7.28. The number of pyridine rings is 1. The van der Waals surface area contributed by atoms with Crippen molar-refractivity contribution in [3.63, 3.8) is 0 Å². The summed E-state index contributed by atoms with van der Waals surface area (Å²) in [4.78, 5) is 34.3. The van der Waals surface area contributed by atoms with Crippen LogP contribution in [0.5, 0.6) is 5.88 Å². The third kappa shape index (κ3) is 6.45. The molecule has 0 saturated heterocycles. The minimum atomic E-state index is -0.861. The van der Waals surface area contributed by atoms with E-state index < -0.39 is 23.8 Å². The number of ether oxygens (including phenoxy) is 3. The van der Waals surface area contributed by atoms with Gasteiger partial charge >= 0.3 is 12.1 Å². The number of nitrogens with one attached hydrogen (secondary N) is 1. The Morgan fingerprint density at radius 1 is 1.19 bits per heavy atom. The zero-order chi connectivity index (χ0) is 26.6. The van der Waals surface area contributed by atoms with Crippen LogP contribution in [0, 0.1) is 0 Å².